The second kappa shape index (κ2) is 7.78. The van der Waals surface area contributed by atoms with Crippen molar-refractivity contribution < 1.29 is 19.1 Å². The average molecular weight is 378 g/mol. The summed E-state index contributed by atoms with van der Waals surface area (Å²) in [7, 11) is 1.50. The number of carbonyl (C=O) groups is 2. The van der Waals surface area contributed by atoms with Crippen LogP contribution in [0.4, 0.5) is 5.69 Å². The van der Waals surface area contributed by atoms with Gasteiger partial charge in [0.2, 0.25) is 0 Å². The number of nitrogens with one attached hydrogen (secondary N) is 1. The molecule has 2 rings (SSSR count). The Bertz CT molecular complexity index is 730. The first kappa shape index (κ1) is 17.0. The largest absolute Gasteiger partial charge is 0.496 e. The van der Waals surface area contributed by atoms with Crippen LogP contribution < -0.4 is 10.1 Å². The van der Waals surface area contributed by atoms with Crippen molar-refractivity contribution in [1.29, 1.82) is 0 Å². The van der Waals surface area contributed by atoms with Gasteiger partial charge in [0.25, 0.3) is 5.91 Å². The number of anilines is 1. The van der Waals surface area contributed by atoms with E-state index in [9.17, 15) is 9.59 Å². The Morgan fingerprint density at radius 1 is 1.17 bits per heavy atom. The Balaban J connectivity index is 2.22. The molecule has 5 nitrogen and oxygen atoms in total. The van der Waals surface area contributed by atoms with Gasteiger partial charge in [-0.1, -0.05) is 22.0 Å². The third-order valence-electron chi connectivity index (χ3n) is 3.04. The highest BCUT2D eigenvalue weighted by atomic mass is 79.9. The Morgan fingerprint density at radius 2 is 1.96 bits per heavy atom. The molecule has 2 aromatic rings. The number of hydrogen-bond donors (Lipinski definition) is 1. The summed E-state index contributed by atoms with van der Waals surface area (Å²) >= 11 is 3.33. The molecule has 1 N–H and O–H groups in total. The van der Waals surface area contributed by atoms with Crippen molar-refractivity contribution in [2.45, 2.75) is 6.92 Å². The van der Waals surface area contributed by atoms with Crippen molar-refractivity contribution in [2.24, 2.45) is 0 Å². The average Bonchev–Trinajstić information content (AvgIpc) is 2.55. The summed E-state index contributed by atoms with van der Waals surface area (Å²) in [5.41, 5.74) is 1.27. The molecule has 120 valence electrons. The van der Waals surface area contributed by atoms with E-state index < -0.39 is 5.97 Å². The molecule has 0 atom stereocenters. The molecule has 1 amide bonds. The summed E-state index contributed by atoms with van der Waals surface area (Å²) < 4.78 is 10.9. The molecule has 6 heteroatoms. The Labute approximate surface area is 142 Å². The molecule has 0 radical (unpaired) electrons. The first-order valence-corrected chi connectivity index (χ1v) is 7.76. The minimum atomic E-state index is -0.427. The molecular weight excluding hydrogens is 362 g/mol. The lowest BCUT2D eigenvalue weighted by atomic mass is 10.1. The normalized spacial score (nSPS) is 10.0. The predicted octanol–water partition coefficient (Wildman–Crippen LogP) is 3.89. The van der Waals surface area contributed by atoms with E-state index in [1.54, 1.807) is 49.4 Å². The molecule has 0 saturated heterocycles. The second-order valence-electron chi connectivity index (χ2n) is 4.60. The van der Waals surface area contributed by atoms with Crippen LogP contribution in [0, 0.1) is 0 Å². The van der Waals surface area contributed by atoms with Crippen LogP contribution in [0.15, 0.2) is 46.9 Å². The molecule has 0 bridgehead atoms. The Morgan fingerprint density at radius 3 is 2.65 bits per heavy atom. The van der Waals surface area contributed by atoms with Crippen LogP contribution in [-0.4, -0.2) is 25.6 Å². The van der Waals surface area contributed by atoms with Crippen molar-refractivity contribution in [3.63, 3.8) is 0 Å². The lowest BCUT2D eigenvalue weighted by molar-refractivity contribution is 0.0526. The zero-order valence-corrected chi connectivity index (χ0v) is 14.3. The molecule has 0 saturated carbocycles. The number of carbonyl (C=O) groups excluding carboxylic acids is 2. The summed E-state index contributed by atoms with van der Waals surface area (Å²) in [5, 5.41) is 2.75. The Kier molecular flexibility index (Phi) is 5.76. The standard InChI is InChI=1S/C17H16BrNO4/c1-3-23-17(21)11-5-4-6-13(9-11)19-16(20)14-10-12(18)7-8-15(14)22-2/h4-10H,3H2,1-2H3,(H,19,20). The molecule has 0 heterocycles. The summed E-state index contributed by atoms with van der Waals surface area (Å²) in [6.07, 6.45) is 0. The highest BCUT2D eigenvalue weighted by molar-refractivity contribution is 9.10. The minimum absolute atomic E-state index is 0.296. The molecule has 0 spiro atoms. The van der Waals surface area contributed by atoms with Gasteiger partial charge in [0.15, 0.2) is 0 Å². The molecule has 0 unspecified atom stereocenters. The van der Waals surface area contributed by atoms with Crippen molar-refractivity contribution in [3.05, 3.63) is 58.1 Å². The predicted molar refractivity (Wildman–Crippen MR) is 91.0 cm³/mol. The van der Waals surface area contributed by atoms with Crippen molar-refractivity contribution in [3.8, 4) is 5.75 Å². The third-order valence-corrected chi connectivity index (χ3v) is 3.53. The lowest BCUT2D eigenvalue weighted by Gasteiger charge is -2.10. The van der Waals surface area contributed by atoms with Crippen LogP contribution in [-0.2, 0) is 4.74 Å². The highest BCUT2D eigenvalue weighted by Crippen LogP contribution is 2.24. The van der Waals surface area contributed by atoms with Gasteiger partial charge in [-0.25, -0.2) is 4.79 Å². The number of halogens is 1. The summed E-state index contributed by atoms with van der Waals surface area (Å²) in [4.78, 5) is 24.2. The van der Waals surface area contributed by atoms with Gasteiger partial charge in [0.1, 0.15) is 5.75 Å². The maximum atomic E-state index is 12.4. The van der Waals surface area contributed by atoms with Gasteiger partial charge in [0, 0.05) is 10.2 Å². The maximum Gasteiger partial charge on any atom is 0.338 e. The SMILES string of the molecule is CCOC(=O)c1cccc(NC(=O)c2cc(Br)ccc2OC)c1. The summed E-state index contributed by atoms with van der Waals surface area (Å²) in [5.74, 6) is -0.292. The molecule has 0 aliphatic heterocycles. The van der Waals surface area contributed by atoms with Crippen LogP contribution >= 0.6 is 15.9 Å². The first-order valence-electron chi connectivity index (χ1n) is 6.97. The number of ether oxygens (including phenoxy) is 2. The maximum absolute atomic E-state index is 12.4. The monoisotopic (exact) mass is 377 g/mol. The lowest BCUT2D eigenvalue weighted by Crippen LogP contribution is -2.14. The van der Waals surface area contributed by atoms with E-state index in [2.05, 4.69) is 21.2 Å². The van der Waals surface area contributed by atoms with Crippen LogP contribution in [0.25, 0.3) is 0 Å². The quantitative estimate of drug-likeness (QED) is 0.802. The zero-order chi connectivity index (χ0) is 16.8. The molecule has 0 aliphatic rings. The minimum Gasteiger partial charge on any atom is -0.496 e. The first-order chi connectivity index (χ1) is 11.0. The van der Waals surface area contributed by atoms with Crippen molar-refractivity contribution in [1.82, 2.24) is 0 Å². The van der Waals surface area contributed by atoms with Gasteiger partial charge in [-0.2, -0.15) is 0 Å². The Hall–Kier alpha value is -2.34. The van der Waals surface area contributed by atoms with Crippen LogP contribution in [0.2, 0.25) is 0 Å². The number of methoxy groups -OCH3 is 1. The van der Waals surface area contributed by atoms with Gasteiger partial charge in [0.05, 0.1) is 24.8 Å². The molecule has 23 heavy (non-hydrogen) atoms. The fourth-order valence-electron chi connectivity index (χ4n) is 1.99. The smallest absolute Gasteiger partial charge is 0.338 e. The van der Waals surface area contributed by atoms with Gasteiger partial charge in [-0.3, -0.25) is 4.79 Å². The van der Waals surface area contributed by atoms with Crippen LogP contribution in [0.3, 0.4) is 0 Å². The third kappa shape index (κ3) is 4.32. The molecule has 0 aromatic heterocycles. The van der Waals surface area contributed by atoms with E-state index in [1.165, 1.54) is 7.11 Å². The number of benzene rings is 2. The van der Waals surface area contributed by atoms with Gasteiger partial charge >= 0.3 is 5.97 Å². The van der Waals surface area contributed by atoms with Gasteiger partial charge in [-0.15, -0.1) is 0 Å². The topological polar surface area (TPSA) is 64.6 Å². The van der Waals surface area contributed by atoms with Crippen LogP contribution in [0.5, 0.6) is 5.75 Å². The zero-order valence-electron chi connectivity index (χ0n) is 12.8. The van der Waals surface area contributed by atoms with Gasteiger partial charge in [-0.05, 0) is 43.3 Å². The van der Waals surface area contributed by atoms with E-state index in [0.717, 1.165) is 4.47 Å². The van der Waals surface area contributed by atoms with Crippen molar-refractivity contribution in [2.75, 3.05) is 19.0 Å². The van der Waals surface area contributed by atoms with E-state index in [1.807, 2.05) is 0 Å². The van der Waals surface area contributed by atoms with Crippen LogP contribution in [0.1, 0.15) is 27.6 Å². The van der Waals surface area contributed by atoms with Crippen molar-refractivity contribution >= 4 is 33.5 Å². The molecule has 2 aromatic carbocycles. The van der Waals surface area contributed by atoms with Gasteiger partial charge < -0.3 is 14.8 Å². The van der Waals surface area contributed by atoms with E-state index in [4.69, 9.17) is 9.47 Å². The molecule has 0 fully saturated rings. The highest BCUT2D eigenvalue weighted by Gasteiger charge is 2.14. The fraction of sp³-hybridized carbons (Fsp3) is 0.176. The second-order valence-corrected chi connectivity index (χ2v) is 5.52. The fourth-order valence-corrected chi connectivity index (χ4v) is 2.36. The van der Waals surface area contributed by atoms with E-state index >= 15 is 0 Å². The molecule has 0 aliphatic carbocycles. The summed E-state index contributed by atoms with van der Waals surface area (Å²) in [6, 6.07) is 11.7. The molecular formula is C17H16BrNO4. The van der Waals surface area contributed by atoms with E-state index in [0.29, 0.717) is 29.2 Å². The van der Waals surface area contributed by atoms with E-state index in [-0.39, 0.29) is 5.91 Å². The number of esters is 1. The summed E-state index contributed by atoms with van der Waals surface area (Å²) in [6.45, 7) is 2.04. The number of amides is 1. The number of hydrogen-bond acceptors (Lipinski definition) is 4. The number of rotatable bonds is 5.